The number of hydrogen-bond acceptors (Lipinski definition) is 14. The Kier molecular flexibility index (Phi) is 97.8. The van der Waals surface area contributed by atoms with Crippen molar-refractivity contribution in [3.05, 3.63) is 170 Å². The number of carbonyl (C=O) groups excluding carboxylic acids is 3. The Morgan fingerprint density at radius 3 is 0.651 bits per heavy atom. The number of unbranched alkanes of at least 4 members (excludes halogenated alkanes) is 48. The second kappa shape index (κ2) is 102. The maximum absolute atomic E-state index is 13.1. The van der Waals surface area contributed by atoms with Crippen LogP contribution in [0.25, 0.3) is 0 Å². The van der Waals surface area contributed by atoms with Crippen LogP contribution in [0.15, 0.2) is 170 Å². The molecule has 0 aromatic carbocycles. The number of allylic oxidation sites excluding steroid dienone is 28. The van der Waals surface area contributed by atoms with Gasteiger partial charge in [0.05, 0.1) is 26.4 Å². The van der Waals surface area contributed by atoms with Gasteiger partial charge in [-0.15, -0.1) is 0 Å². The van der Waals surface area contributed by atoms with E-state index in [1.54, 1.807) is 0 Å². The zero-order valence-electron chi connectivity index (χ0n) is 82.3. The van der Waals surface area contributed by atoms with Crippen LogP contribution >= 0.6 is 15.6 Å². The maximum atomic E-state index is 13.1. The van der Waals surface area contributed by atoms with Crippen molar-refractivity contribution in [3.63, 3.8) is 0 Å². The lowest BCUT2D eigenvalue weighted by Crippen LogP contribution is -2.30. The molecule has 0 heterocycles. The van der Waals surface area contributed by atoms with E-state index in [2.05, 4.69) is 191 Å². The molecule has 0 rings (SSSR count). The number of phosphoric acid groups is 2. The lowest BCUT2D eigenvalue weighted by atomic mass is 10.0. The van der Waals surface area contributed by atoms with Gasteiger partial charge in [-0.3, -0.25) is 32.5 Å². The minimum absolute atomic E-state index is 0.103. The lowest BCUT2D eigenvalue weighted by Gasteiger charge is -2.21. The van der Waals surface area contributed by atoms with Crippen molar-refractivity contribution >= 4 is 33.6 Å². The van der Waals surface area contributed by atoms with Crippen molar-refractivity contribution in [1.29, 1.82) is 0 Å². The van der Waals surface area contributed by atoms with Gasteiger partial charge in [-0.2, -0.15) is 0 Å². The van der Waals surface area contributed by atoms with Crippen molar-refractivity contribution in [2.75, 3.05) is 39.6 Å². The SMILES string of the molecule is CC/C=C\C/C=C\C/C=C\C/C=C\C/C=C\C/C=C\CCCCCCCCCCCCCCC(=O)OCC(O)COP(=O)(O)OCC(O)COP(=O)(O)OCC(COC(=O)CCCCCCCCCCCCCCCCC/C=C\C/C=C\C/C=C\C/C=C\CCCCC)OC(=O)CCCCCCCCCCCCCCCCC/C=C\C/C=C\C/C=C\C/C=C\CCCCC. The average Bonchev–Trinajstić information content (AvgIpc) is 0.895. The smallest absolute Gasteiger partial charge is 0.463 e. The van der Waals surface area contributed by atoms with Gasteiger partial charge in [0.1, 0.15) is 25.4 Å². The van der Waals surface area contributed by atoms with Crippen molar-refractivity contribution in [2.45, 2.75) is 476 Å². The Balaban J connectivity index is 4.64. The summed E-state index contributed by atoms with van der Waals surface area (Å²) in [6, 6.07) is 0. The van der Waals surface area contributed by atoms with E-state index in [-0.39, 0.29) is 19.3 Å². The van der Waals surface area contributed by atoms with E-state index in [9.17, 15) is 43.5 Å². The third-order valence-corrected chi connectivity index (χ3v) is 24.3. The summed E-state index contributed by atoms with van der Waals surface area (Å²) in [4.78, 5) is 59.3. The van der Waals surface area contributed by atoms with Crippen LogP contribution in [0.4, 0.5) is 0 Å². The summed E-state index contributed by atoms with van der Waals surface area (Å²) in [5.74, 6) is -1.56. The first kappa shape index (κ1) is 124. The molecule has 0 aliphatic heterocycles. The Morgan fingerprint density at radius 1 is 0.225 bits per heavy atom. The molecule has 0 aromatic heterocycles. The number of carbonyl (C=O) groups is 3. The normalized spacial score (nSPS) is 14.3. The molecule has 0 amide bonds. The zero-order valence-corrected chi connectivity index (χ0v) is 84.1. The van der Waals surface area contributed by atoms with E-state index < -0.39 is 91.5 Å². The van der Waals surface area contributed by atoms with Crippen molar-refractivity contribution in [3.8, 4) is 0 Å². The molecule has 4 N–H and O–H groups in total. The number of hydrogen-bond donors (Lipinski definition) is 4. The molecule has 0 aliphatic rings. The van der Waals surface area contributed by atoms with Crippen LogP contribution in [0.2, 0.25) is 0 Å². The molecule has 742 valence electrons. The number of ether oxygens (including phenoxy) is 3. The maximum Gasteiger partial charge on any atom is 0.472 e. The number of phosphoric ester groups is 2. The molecule has 0 saturated heterocycles. The fourth-order valence-electron chi connectivity index (χ4n) is 14.5. The highest BCUT2D eigenvalue weighted by molar-refractivity contribution is 7.47. The molecule has 0 aromatic rings. The first-order valence-corrected chi connectivity index (χ1v) is 55.4. The number of aliphatic hydroxyl groups is 2. The van der Waals surface area contributed by atoms with E-state index in [1.165, 1.54) is 250 Å². The summed E-state index contributed by atoms with van der Waals surface area (Å²) in [7, 11) is -9.82. The fourth-order valence-corrected chi connectivity index (χ4v) is 16.1. The minimum Gasteiger partial charge on any atom is -0.463 e. The largest absolute Gasteiger partial charge is 0.472 e. The molecule has 5 atom stereocenters. The number of rotatable bonds is 99. The van der Waals surface area contributed by atoms with E-state index >= 15 is 0 Å². The standard InChI is InChI=1S/C111H192O16P2/c1-4-7-10-13-16-19-22-25-28-31-34-37-40-43-46-49-52-55-58-61-64-67-70-73-76-79-82-85-88-91-94-97-109(114)121-100-106(112)101-123-128(117,118)124-102-107(113)103-125-129(119,120)126-105-108(127-111(116)99-96-93-90-87-84-81-78-75-72-69-66-63-60-57-54-51-48-45-42-39-36-33-30-27-24-21-18-15-12-9-6-3)104-122-110(115)98-95-92-89-86-83-80-77-74-71-68-65-62-59-56-53-50-47-44-41-38-35-32-29-26-23-20-17-14-11-8-5-2/h7,10,16-21,25-30,34-39,43-48,52,55,106-108,112-113H,4-6,8-9,11-15,22-24,31-33,40-42,49-51,53-54,56-105H2,1-3H3,(H,117,118)(H,119,120)/b10-7-,19-16-,20-17-,21-18-,28-25-,29-26-,30-27-,37-34-,38-35-,39-36-,46-43-,47-44-,48-45-,55-52-. The second-order valence-electron chi connectivity index (χ2n) is 35.0. The Bertz CT molecular complexity index is 3030. The van der Waals surface area contributed by atoms with E-state index in [4.69, 9.17) is 32.3 Å². The van der Waals surface area contributed by atoms with Crippen LogP contribution in [0.5, 0.6) is 0 Å². The summed E-state index contributed by atoms with van der Waals surface area (Å²) >= 11 is 0. The van der Waals surface area contributed by atoms with E-state index in [0.717, 1.165) is 148 Å². The third kappa shape index (κ3) is 103. The summed E-state index contributed by atoms with van der Waals surface area (Å²) in [6.07, 6.45) is 134. The number of aliphatic hydroxyl groups excluding tert-OH is 2. The Morgan fingerprint density at radius 2 is 0.411 bits per heavy atom. The van der Waals surface area contributed by atoms with Crippen LogP contribution in [0.3, 0.4) is 0 Å². The summed E-state index contributed by atoms with van der Waals surface area (Å²) in [5, 5.41) is 20.8. The van der Waals surface area contributed by atoms with Gasteiger partial charge in [-0.05, 0) is 161 Å². The van der Waals surface area contributed by atoms with Crippen LogP contribution < -0.4 is 0 Å². The van der Waals surface area contributed by atoms with Gasteiger partial charge in [0, 0.05) is 19.3 Å². The molecule has 0 spiro atoms. The molecule has 5 unspecified atom stereocenters. The third-order valence-electron chi connectivity index (χ3n) is 22.4. The van der Waals surface area contributed by atoms with Gasteiger partial charge < -0.3 is 34.2 Å². The molecular formula is C111H192O16P2. The van der Waals surface area contributed by atoms with E-state index in [0.29, 0.717) is 19.3 Å². The molecule has 18 heteroatoms. The molecule has 16 nitrogen and oxygen atoms in total. The summed E-state index contributed by atoms with van der Waals surface area (Å²) < 4.78 is 61.8. The predicted molar refractivity (Wildman–Crippen MR) is 546 cm³/mol. The van der Waals surface area contributed by atoms with Gasteiger partial charge in [-0.25, -0.2) is 9.13 Å². The van der Waals surface area contributed by atoms with E-state index in [1.807, 2.05) is 0 Å². The highest BCUT2D eigenvalue weighted by atomic mass is 31.2. The van der Waals surface area contributed by atoms with Crippen LogP contribution in [0.1, 0.15) is 457 Å². The highest BCUT2D eigenvalue weighted by Crippen LogP contribution is 2.45. The summed E-state index contributed by atoms with van der Waals surface area (Å²) in [5.41, 5.74) is 0. The van der Waals surface area contributed by atoms with Gasteiger partial charge in [0.25, 0.3) is 0 Å². The molecular weight excluding hydrogens is 1650 g/mol. The Labute approximate surface area is 790 Å². The average molecular weight is 1840 g/mol. The highest BCUT2D eigenvalue weighted by Gasteiger charge is 2.30. The molecule has 0 radical (unpaired) electrons. The minimum atomic E-state index is -4.95. The fraction of sp³-hybridized carbons (Fsp3) is 0.721. The van der Waals surface area contributed by atoms with Gasteiger partial charge >= 0.3 is 33.6 Å². The topological polar surface area (TPSA) is 231 Å². The van der Waals surface area contributed by atoms with Gasteiger partial charge in [0.2, 0.25) is 0 Å². The zero-order chi connectivity index (χ0) is 93.5. The molecule has 0 fully saturated rings. The van der Waals surface area contributed by atoms with Crippen molar-refractivity contribution < 1.29 is 75.8 Å². The molecule has 0 aliphatic carbocycles. The van der Waals surface area contributed by atoms with Crippen molar-refractivity contribution in [1.82, 2.24) is 0 Å². The van der Waals surface area contributed by atoms with Crippen LogP contribution in [-0.4, -0.2) is 95.9 Å². The first-order chi connectivity index (χ1) is 63.2. The second-order valence-corrected chi connectivity index (χ2v) is 37.9. The van der Waals surface area contributed by atoms with Crippen LogP contribution in [-0.2, 0) is 55.8 Å². The van der Waals surface area contributed by atoms with Gasteiger partial charge in [0.15, 0.2) is 6.10 Å². The van der Waals surface area contributed by atoms with Crippen LogP contribution in [0, 0.1) is 0 Å². The van der Waals surface area contributed by atoms with Gasteiger partial charge in [-0.1, -0.05) is 448 Å². The Hall–Kier alpha value is -5.09. The predicted octanol–water partition coefficient (Wildman–Crippen LogP) is 33.3. The molecule has 0 saturated carbocycles. The first-order valence-electron chi connectivity index (χ1n) is 52.4. The monoisotopic (exact) mass is 1840 g/mol. The number of esters is 3. The summed E-state index contributed by atoms with van der Waals surface area (Å²) in [6.45, 7) is 2.59. The lowest BCUT2D eigenvalue weighted by molar-refractivity contribution is -0.161. The van der Waals surface area contributed by atoms with Crippen molar-refractivity contribution in [2.24, 2.45) is 0 Å². The molecule has 129 heavy (non-hydrogen) atoms. The molecule has 0 bridgehead atoms. The quantitative estimate of drug-likeness (QED) is 0.0146.